The van der Waals surface area contributed by atoms with Crippen LogP contribution >= 0.6 is 0 Å². The largest absolute Gasteiger partial charge is 0.493 e. The van der Waals surface area contributed by atoms with Crippen molar-refractivity contribution in [3.8, 4) is 17.1 Å². The third-order valence-electron chi connectivity index (χ3n) is 2.54. The maximum absolute atomic E-state index is 5.61. The second-order valence-electron chi connectivity index (χ2n) is 3.60. The number of fused-ring (bicyclic) bond motifs is 1. The van der Waals surface area contributed by atoms with Gasteiger partial charge in [0.1, 0.15) is 5.75 Å². The van der Waals surface area contributed by atoms with Gasteiger partial charge in [0.15, 0.2) is 12.2 Å². The molecular formula is C12H11N3O2. The quantitative estimate of drug-likeness (QED) is 0.749. The summed E-state index contributed by atoms with van der Waals surface area (Å²) in [6.07, 6.45) is 4.84. The number of hydrogen-bond donors (Lipinski definition) is 1. The monoisotopic (exact) mass is 229 g/mol. The lowest BCUT2D eigenvalue weighted by Crippen LogP contribution is -1.93. The molecular weight excluding hydrogens is 218 g/mol. The Bertz CT molecular complexity index is 628. The van der Waals surface area contributed by atoms with Crippen LogP contribution in [0, 0.1) is 0 Å². The van der Waals surface area contributed by atoms with E-state index in [9.17, 15) is 0 Å². The zero-order chi connectivity index (χ0) is 11.7. The van der Waals surface area contributed by atoms with Crippen molar-refractivity contribution < 1.29 is 9.15 Å². The van der Waals surface area contributed by atoms with Gasteiger partial charge in [-0.2, -0.15) is 5.10 Å². The first kappa shape index (κ1) is 9.89. The van der Waals surface area contributed by atoms with Crippen LogP contribution in [0.3, 0.4) is 0 Å². The second kappa shape index (κ2) is 3.93. The predicted molar refractivity (Wildman–Crippen MR) is 62.8 cm³/mol. The lowest BCUT2D eigenvalue weighted by atomic mass is 10.1. The lowest BCUT2D eigenvalue weighted by molar-refractivity contribution is 0.341. The lowest BCUT2D eigenvalue weighted by Gasteiger charge is -2.08. The number of hydrogen-bond acceptors (Lipinski definition) is 4. The van der Waals surface area contributed by atoms with E-state index in [1.165, 1.54) is 6.39 Å². The number of nitrogens with zero attached hydrogens (tertiary/aromatic N) is 2. The molecule has 0 atom stereocenters. The van der Waals surface area contributed by atoms with Gasteiger partial charge < -0.3 is 9.15 Å². The van der Waals surface area contributed by atoms with Crippen molar-refractivity contribution >= 4 is 10.9 Å². The Hall–Kier alpha value is -2.30. The van der Waals surface area contributed by atoms with Gasteiger partial charge >= 0.3 is 0 Å². The molecule has 0 spiro atoms. The Labute approximate surface area is 97.4 Å². The van der Waals surface area contributed by atoms with Crippen molar-refractivity contribution in [3.63, 3.8) is 0 Å². The summed E-state index contributed by atoms with van der Waals surface area (Å²) in [7, 11) is 0. The fraction of sp³-hybridized carbons (Fsp3) is 0.167. The first-order valence-corrected chi connectivity index (χ1v) is 5.37. The smallest absolute Gasteiger partial charge is 0.181 e. The van der Waals surface area contributed by atoms with Crippen LogP contribution in [0.25, 0.3) is 22.2 Å². The van der Waals surface area contributed by atoms with Crippen LogP contribution in [0.2, 0.25) is 0 Å². The van der Waals surface area contributed by atoms with E-state index in [-0.39, 0.29) is 0 Å². The summed E-state index contributed by atoms with van der Waals surface area (Å²) in [5.41, 5.74) is 1.82. The van der Waals surface area contributed by atoms with Crippen LogP contribution in [-0.2, 0) is 0 Å². The van der Waals surface area contributed by atoms with Gasteiger partial charge in [-0.05, 0) is 19.1 Å². The van der Waals surface area contributed by atoms with Gasteiger partial charge in [-0.25, -0.2) is 4.98 Å². The molecule has 0 aliphatic heterocycles. The van der Waals surface area contributed by atoms with Crippen LogP contribution < -0.4 is 4.74 Å². The van der Waals surface area contributed by atoms with Crippen LogP contribution in [0.1, 0.15) is 6.92 Å². The molecule has 17 heavy (non-hydrogen) atoms. The number of rotatable bonds is 3. The Kier molecular flexibility index (Phi) is 2.29. The van der Waals surface area contributed by atoms with E-state index in [4.69, 9.17) is 9.15 Å². The summed E-state index contributed by atoms with van der Waals surface area (Å²) in [6, 6.07) is 3.90. The molecule has 3 aromatic rings. The molecule has 0 fully saturated rings. The van der Waals surface area contributed by atoms with Gasteiger partial charge in [-0.1, -0.05) is 0 Å². The highest BCUT2D eigenvalue weighted by atomic mass is 16.5. The maximum Gasteiger partial charge on any atom is 0.181 e. The highest BCUT2D eigenvalue weighted by Gasteiger charge is 2.12. The number of H-pyrrole nitrogens is 1. The average Bonchev–Trinajstić information content (AvgIpc) is 2.98. The number of aromatic amines is 1. The van der Waals surface area contributed by atoms with E-state index in [2.05, 4.69) is 15.2 Å². The van der Waals surface area contributed by atoms with Gasteiger partial charge in [0.2, 0.25) is 0 Å². The molecule has 1 aromatic carbocycles. The Morgan fingerprint density at radius 3 is 3.06 bits per heavy atom. The van der Waals surface area contributed by atoms with E-state index in [1.807, 2.05) is 19.1 Å². The van der Waals surface area contributed by atoms with E-state index in [1.54, 1.807) is 12.4 Å². The maximum atomic E-state index is 5.61. The molecule has 0 saturated heterocycles. The van der Waals surface area contributed by atoms with Crippen molar-refractivity contribution in [2.24, 2.45) is 0 Å². The van der Waals surface area contributed by atoms with Crippen LogP contribution in [0.15, 0.2) is 35.3 Å². The van der Waals surface area contributed by atoms with Gasteiger partial charge in [0.25, 0.3) is 0 Å². The number of ether oxygens (including phenoxy) is 1. The molecule has 0 unspecified atom stereocenters. The van der Waals surface area contributed by atoms with Gasteiger partial charge in [0.05, 0.1) is 30.1 Å². The molecule has 5 nitrogen and oxygen atoms in total. The number of aromatic nitrogens is 3. The zero-order valence-corrected chi connectivity index (χ0v) is 9.30. The molecule has 3 rings (SSSR count). The highest BCUT2D eigenvalue weighted by Crippen LogP contribution is 2.33. The number of benzene rings is 1. The molecule has 0 bridgehead atoms. The minimum atomic E-state index is 0.602. The normalized spacial score (nSPS) is 10.9. The SMILES string of the molecule is CCOc1cc2cn[nH]c2cc1-c1cnco1. The molecule has 0 saturated carbocycles. The molecule has 0 aliphatic rings. The molecule has 1 N–H and O–H groups in total. The molecule has 2 heterocycles. The number of oxazole rings is 1. The van der Waals surface area contributed by atoms with E-state index >= 15 is 0 Å². The summed E-state index contributed by atoms with van der Waals surface area (Å²) in [4.78, 5) is 3.92. The molecule has 0 amide bonds. The first-order chi connectivity index (χ1) is 8.38. The van der Waals surface area contributed by atoms with Crippen molar-refractivity contribution in [2.75, 3.05) is 6.61 Å². The fourth-order valence-electron chi connectivity index (χ4n) is 1.79. The van der Waals surface area contributed by atoms with E-state index in [0.29, 0.717) is 12.4 Å². The first-order valence-electron chi connectivity index (χ1n) is 5.37. The molecule has 0 radical (unpaired) electrons. The summed E-state index contributed by atoms with van der Waals surface area (Å²) in [5, 5.41) is 7.93. The van der Waals surface area contributed by atoms with Crippen molar-refractivity contribution in [1.82, 2.24) is 15.2 Å². The topological polar surface area (TPSA) is 63.9 Å². The Morgan fingerprint density at radius 1 is 1.35 bits per heavy atom. The third-order valence-corrected chi connectivity index (χ3v) is 2.54. The summed E-state index contributed by atoms with van der Waals surface area (Å²) in [6.45, 7) is 2.55. The minimum Gasteiger partial charge on any atom is -0.493 e. The van der Waals surface area contributed by atoms with E-state index < -0.39 is 0 Å². The van der Waals surface area contributed by atoms with Gasteiger partial charge in [-0.3, -0.25) is 5.10 Å². The van der Waals surface area contributed by atoms with Crippen molar-refractivity contribution in [3.05, 3.63) is 30.9 Å². The molecule has 0 aliphatic carbocycles. The summed E-state index contributed by atoms with van der Waals surface area (Å²) < 4.78 is 10.9. The van der Waals surface area contributed by atoms with Crippen molar-refractivity contribution in [2.45, 2.75) is 6.92 Å². The van der Waals surface area contributed by atoms with Crippen molar-refractivity contribution in [1.29, 1.82) is 0 Å². The van der Waals surface area contributed by atoms with Gasteiger partial charge in [0, 0.05) is 5.39 Å². The Morgan fingerprint density at radius 2 is 2.29 bits per heavy atom. The minimum absolute atomic E-state index is 0.602. The van der Waals surface area contributed by atoms with Gasteiger partial charge in [-0.15, -0.1) is 0 Å². The van der Waals surface area contributed by atoms with E-state index in [0.717, 1.165) is 22.2 Å². The third kappa shape index (κ3) is 1.65. The zero-order valence-electron chi connectivity index (χ0n) is 9.30. The van der Waals surface area contributed by atoms with Crippen LogP contribution in [0.4, 0.5) is 0 Å². The van der Waals surface area contributed by atoms with Crippen LogP contribution in [0.5, 0.6) is 5.75 Å². The average molecular weight is 229 g/mol. The Balaban J connectivity index is 2.22. The fourth-order valence-corrected chi connectivity index (χ4v) is 1.79. The molecule has 2 aromatic heterocycles. The molecule has 86 valence electrons. The summed E-state index contributed by atoms with van der Waals surface area (Å²) >= 11 is 0. The van der Waals surface area contributed by atoms with Crippen LogP contribution in [-0.4, -0.2) is 21.8 Å². The highest BCUT2D eigenvalue weighted by molar-refractivity contribution is 5.86. The second-order valence-corrected chi connectivity index (χ2v) is 3.60. The standard InChI is InChI=1S/C12H11N3O2/c1-2-16-11-3-8-5-14-15-10(8)4-9(11)12-6-13-7-17-12/h3-7H,2H2,1H3,(H,14,15). The summed E-state index contributed by atoms with van der Waals surface area (Å²) in [5.74, 6) is 1.46. The predicted octanol–water partition coefficient (Wildman–Crippen LogP) is 2.62. The number of nitrogens with one attached hydrogen (secondary N) is 1. The molecule has 5 heteroatoms.